The van der Waals surface area contributed by atoms with Gasteiger partial charge in [0.1, 0.15) is 0 Å². The molecule has 0 saturated heterocycles. The normalized spacial score (nSPS) is 13.0. The molecular formula is C53H32N4S. The van der Waals surface area contributed by atoms with Crippen LogP contribution in [0.3, 0.4) is 0 Å². The topological polar surface area (TPSA) is 43.6 Å². The Bertz CT molecular complexity index is 3800. The van der Waals surface area contributed by atoms with E-state index in [2.05, 4.69) is 108 Å². The van der Waals surface area contributed by atoms with E-state index in [-0.39, 0.29) is 29.7 Å². The quantitative estimate of drug-likeness (QED) is 0.164. The van der Waals surface area contributed by atoms with Crippen molar-refractivity contribution in [3.63, 3.8) is 0 Å². The van der Waals surface area contributed by atoms with E-state index in [1.54, 1.807) is 11.3 Å². The number of rotatable bonds is 5. The zero-order chi connectivity index (χ0) is 42.5. The van der Waals surface area contributed by atoms with E-state index in [1.165, 1.54) is 0 Å². The lowest BCUT2D eigenvalue weighted by atomic mass is 9.98. The molecule has 0 bridgehead atoms. The highest BCUT2D eigenvalue weighted by Crippen LogP contribution is 2.46. The fourth-order valence-electron chi connectivity index (χ4n) is 8.49. The van der Waals surface area contributed by atoms with Crippen LogP contribution in [0.4, 0.5) is 0 Å². The Balaban J connectivity index is 1.20. The molecule has 12 rings (SSSR count). The number of fused-ring (bicyclic) bond motifs is 9. The highest BCUT2D eigenvalue weighted by atomic mass is 32.1. The smallest absolute Gasteiger partial charge is 0.165 e. The molecule has 58 heavy (non-hydrogen) atoms. The molecule has 0 aliphatic rings. The Morgan fingerprint density at radius 2 is 1.07 bits per heavy atom. The zero-order valence-corrected chi connectivity index (χ0v) is 31.6. The average molecular weight is 762 g/mol. The third-order valence-electron chi connectivity index (χ3n) is 11.1. The first-order chi connectivity index (χ1) is 30.8. The van der Waals surface area contributed by atoms with Crippen molar-refractivity contribution in [3.05, 3.63) is 194 Å². The van der Waals surface area contributed by atoms with Gasteiger partial charge in [-0.05, 0) is 69.1 Å². The molecule has 0 fully saturated rings. The van der Waals surface area contributed by atoms with Crippen molar-refractivity contribution in [2.75, 3.05) is 0 Å². The van der Waals surface area contributed by atoms with E-state index in [0.717, 1.165) is 85.9 Å². The van der Waals surface area contributed by atoms with Gasteiger partial charge in [0.15, 0.2) is 17.5 Å². The van der Waals surface area contributed by atoms with Crippen LogP contribution in [0.1, 0.15) is 6.85 Å². The van der Waals surface area contributed by atoms with Crippen LogP contribution in [0.15, 0.2) is 194 Å². The van der Waals surface area contributed by atoms with Gasteiger partial charge in [-0.2, -0.15) is 0 Å². The average Bonchev–Trinajstić information content (AvgIpc) is 3.89. The van der Waals surface area contributed by atoms with E-state index in [1.807, 2.05) is 60.7 Å². The highest BCUT2D eigenvalue weighted by Gasteiger charge is 2.22. The molecule has 0 spiro atoms. The molecule has 0 aliphatic carbocycles. The molecule has 12 aromatic rings. The third kappa shape index (κ3) is 5.18. The molecule has 0 amide bonds. The maximum atomic E-state index is 9.03. The molecule has 0 saturated carbocycles. The summed E-state index contributed by atoms with van der Waals surface area (Å²) in [6.07, 6.45) is 0. The van der Waals surface area contributed by atoms with Crippen LogP contribution in [0, 0.1) is 0 Å². The Morgan fingerprint density at radius 3 is 1.84 bits per heavy atom. The first-order valence-corrected chi connectivity index (χ1v) is 19.9. The Morgan fingerprint density at radius 1 is 0.431 bits per heavy atom. The summed E-state index contributed by atoms with van der Waals surface area (Å²) < 4.78 is 47.6. The second-order valence-corrected chi connectivity index (χ2v) is 15.5. The van der Waals surface area contributed by atoms with Crippen LogP contribution >= 0.6 is 11.3 Å². The van der Waals surface area contributed by atoms with E-state index in [9.17, 15) is 0 Å². The summed E-state index contributed by atoms with van der Waals surface area (Å²) in [4.78, 5) is 15.7. The van der Waals surface area contributed by atoms with Crippen LogP contribution < -0.4 is 0 Å². The number of nitrogens with zero attached hydrogens (tertiary/aromatic N) is 4. The summed E-state index contributed by atoms with van der Waals surface area (Å²) in [5.74, 6) is 1.55. The van der Waals surface area contributed by atoms with Gasteiger partial charge in [0.2, 0.25) is 0 Å². The van der Waals surface area contributed by atoms with Crippen molar-refractivity contribution in [2.45, 2.75) is 0 Å². The third-order valence-corrected chi connectivity index (χ3v) is 12.3. The van der Waals surface area contributed by atoms with Gasteiger partial charge < -0.3 is 4.57 Å². The summed E-state index contributed by atoms with van der Waals surface area (Å²) in [5, 5.41) is 8.40. The van der Waals surface area contributed by atoms with E-state index in [4.69, 9.17) is 21.8 Å². The Kier molecular flexibility index (Phi) is 6.30. The van der Waals surface area contributed by atoms with Crippen LogP contribution in [0.2, 0.25) is 0 Å². The standard InChI is InChI=1S/C53H32N4S/c1-3-14-33(15-4-1)40-22-13-25-48-49(40)44-31-38(57-46-23-11-9-20-41(46)42-21-10-12-24-47(42)57)32-45(50(44)58-48)53-55-51(36-17-5-2-6-18-36)54-52(56-53)37-29-28-35-27-26-34-16-7-8-19-39(34)43(35)30-37/h1-32H/i1D,3D,4D,14D,15D. The van der Waals surface area contributed by atoms with Gasteiger partial charge in [-0.3, -0.25) is 0 Å². The van der Waals surface area contributed by atoms with Gasteiger partial charge in [0.05, 0.1) is 17.9 Å². The lowest BCUT2D eigenvalue weighted by Crippen LogP contribution is -2.01. The van der Waals surface area contributed by atoms with E-state index in [0.29, 0.717) is 23.0 Å². The second-order valence-electron chi connectivity index (χ2n) is 14.4. The molecule has 0 atom stereocenters. The van der Waals surface area contributed by atoms with Crippen molar-refractivity contribution in [1.82, 2.24) is 19.5 Å². The number of hydrogen-bond acceptors (Lipinski definition) is 4. The largest absolute Gasteiger partial charge is 0.309 e. The van der Waals surface area contributed by atoms with Crippen LogP contribution in [0.5, 0.6) is 0 Å². The molecule has 4 nitrogen and oxygen atoms in total. The molecular weight excluding hydrogens is 725 g/mol. The van der Waals surface area contributed by atoms with Crippen molar-refractivity contribution < 1.29 is 6.85 Å². The molecule has 270 valence electrons. The number of thiophene rings is 1. The molecule has 0 unspecified atom stereocenters. The fourth-order valence-corrected chi connectivity index (χ4v) is 9.70. The molecule has 5 heteroatoms. The van der Waals surface area contributed by atoms with Crippen molar-refractivity contribution in [2.24, 2.45) is 0 Å². The van der Waals surface area contributed by atoms with Gasteiger partial charge in [-0.1, -0.05) is 158 Å². The predicted octanol–water partition coefficient (Wildman–Crippen LogP) is 14.3. The second kappa shape index (κ2) is 13.1. The Labute approximate surface area is 345 Å². The molecule has 3 heterocycles. The molecule has 0 aliphatic heterocycles. The summed E-state index contributed by atoms with van der Waals surface area (Å²) in [5.41, 5.74) is 6.13. The number of hydrogen-bond donors (Lipinski definition) is 0. The molecule has 3 aromatic heterocycles. The lowest BCUT2D eigenvalue weighted by molar-refractivity contribution is 1.08. The van der Waals surface area contributed by atoms with Gasteiger partial charge in [-0.25, -0.2) is 15.0 Å². The summed E-state index contributed by atoms with van der Waals surface area (Å²) in [7, 11) is 0. The lowest BCUT2D eigenvalue weighted by Gasteiger charge is -2.14. The van der Waals surface area contributed by atoms with Crippen LogP contribution in [0.25, 0.3) is 115 Å². The number of benzene rings is 9. The van der Waals surface area contributed by atoms with Crippen LogP contribution in [-0.4, -0.2) is 19.5 Å². The van der Waals surface area contributed by atoms with Crippen molar-refractivity contribution in [1.29, 1.82) is 0 Å². The molecule has 0 radical (unpaired) electrons. The Hall–Kier alpha value is -7.47. The van der Waals surface area contributed by atoms with Crippen LogP contribution in [-0.2, 0) is 0 Å². The van der Waals surface area contributed by atoms with E-state index >= 15 is 0 Å². The van der Waals surface area contributed by atoms with Gasteiger partial charge in [0.25, 0.3) is 0 Å². The SMILES string of the molecule is [2H]c1c([2H])c([2H])c(-c2cccc3sc4c(-c5nc(-c6ccccc6)nc(-c6ccc7ccc8ccccc8c7c6)n5)cc(-n5c6ccccc6c6ccccc65)cc4c23)c([2H])c1[2H]. The predicted molar refractivity (Wildman–Crippen MR) is 244 cm³/mol. The maximum Gasteiger partial charge on any atom is 0.165 e. The van der Waals surface area contributed by atoms with Gasteiger partial charge in [-0.15, -0.1) is 11.3 Å². The molecule has 0 N–H and O–H groups in total. The van der Waals surface area contributed by atoms with Crippen molar-refractivity contribution in [3.8, 4) is 51.0 Å². The van der Waals surface area contributed by atoms with Gasteiger partial charge in [0, 0.05) is 53.3 Å². The molecule has 9 aromatic carbocycles. The minimum atomic E-state index is -0.425. The fraction of sp³-hybridized carbons (Fsp3) is 0. The first-order valence-electron chi connectivity index (χ1n) is 21.6. The first kappa shape index (κ1) is 28.0. The van der Waals surface area contributed by atoms with Gasteiger partial charge >= 0.3 is 0 Å². The summed E-state index contributed by atoms with van der Waals surface area (Å²) >= 11 is 1.57. The maximum absolute atomic E-state index is 9.03. The highest BCUT2D eigenvalue weighted by molar-refractivity contribution is 7.26. The van der Waals surface area contributed by atoms with Crippen molar-refractivity contribution >= 4 is 74.9 Å². The zero-order valence-electron chi connectivity index (χ0n) is 35.8. The minimum Gasteiger partial charge on any atom is -0.309 e. The summed E-state index contributed by atoms with van der Waals surface area (Å²) in [6.45, 7) is 0. The van der Waals surface area contributed by atoms with E-state index < -0.39 is 6.04 Å². The summed E-state index contributed by atoms with van der Waals surface area (Å²) in [6, 6.07) is 54.1. The number of para-hydroxylation sites is 2. The monoisotopic (exact) mass is 761 g/mol. The minimum absolute atomic E-state index is 0.160. The number of aromatic nitrogens is 4.